The van der Waals surface area contributed by atoms with E-state index in [4.69, 9.17) is 11.5 Å². The van der Waals surface area contributed by atoms with Crippen molar-refractivity contribution in [1.82, 2.24) is 0 Å². The fraction of sp³-hybridized carbons (Fsp3) is 0.333. The average molecular weight is 186 g/mol. The minimum atomic E-state index is -0.870. The summed E-state index contributed by atoms with van der Waals surface area (Å²) in [5.41, 5.74) is 11.5. The smallest absolute Gasteiger partial charge is 0.159 e. The molecule has 1 aromatic carbocycles. The molecule has 0 aliphatic heterocycles. The molecule has 13 heavy (non-hydrogen) atoms. The Labute approximate surface area is 75.5 Å². The summed E-state index contributed by atoms with van der Waals surface area (Å²) in [6.07, 6.45) is 0.561. The summed E-state index contributed by atoms with van der Waals surface area (Å²) < 4.78 is 25.2. The third-order valence-electron chi connectivity index (χ3n) is 1.85. The molecule has 0 spiro atoms. The molecule has 0 saturated heterocycles. The Hall–Kier alpha value is -1.00. The normalized spacial score (nSPS) is 12.9. The molecule has 1 atom stereocenters. The minimum absolute atomic E-state index is 0.319. The highest BCUT2D eigenvalue weighted by Crippen LogP contribution is 2.16. The van der Waals surface area contributed by atoms with Crippen LogP contribution in [-0.4, -0.2) is 6.54 Å². The van der Waals surface area contributed by atoms with Gasteiger partial charge in [0, 0.05) is 6.04 Å². The zero-order valence-electron chi connectivity index (χ0n) is 7.13. The molecule has 4 heteroatoms. The molecule has 0 bridgehead atoms. The standard InChI is InChI=1S/C9H12F2N2/c10-7-2-1-6(5-8(7)11)9(13)3-4-12/h1-2,5,9H,3-4,12-13H2/t9-/m1/s1. The van der Waals surface area contributed by atoms with Crippen LogP contribution >= 0.6 is 0 Å². The highest BCUT2D eigenvalue weighted by molar-refractivity contribution is 5.20. The second kappa shape index (κ2) is 4.30. The topological polar surface area (TPSA) is 52.0 Å². The average Bonchev–Trinajstić information content (AvgIpc) is 2.10. The monoisotopic (exact) mass is 186 g/mol. The van der Waals surface area contributed by atoms with Crippen molar-refractivity contribution < 1.29 is 8.78 Å². The summed E-state index contributed by atoms with van der Waals surface area (Å²) in [6, 6.07) is 3.33. The van der Waals surface area contributed by atoms with Gasteiger partial charge < -0.3 is 11.5 Å². The van der Waals surface area contributed by atoms with Crippen LogP contribution in [0, 0.1) is 11.6 Å². The van der Waals surface area contributed by atoms with Gasteiger partial charge in [-0.05, 0) is 30.7 Å². The van der Waals surface area contributed by atoms with Gasteiger partial charge in [-0.25, -0.2) is 8.78 Å². The molecule has 1 rings (SSSR count). The Balaban J connectivity index is 2.84. The summed E-state index contributed by atoms with van der Waals surface area (Å²) >= 11 is 0. The fourth-order valence-corrected chi connectivity index (χ4v) is 1.09. The third kappa shape index (κ3) is 2.47. The number of benzene rings is 1. The maximum atomic E-state index is 12.7. The van der Waals surface area contributed by atoms with Gasteiger partial charge in [0.2, 0.25) is 0 Å². The Kier molecular flexibility index (Phi) is 3.33. The van der Waals surface area contributed by atoms with Crippen LogP contribution < -0.4 is 11.5 Å². The maximum Gasteiger partial charge on any atom is 0.159 e. The molecule has 0 aliphatic carbocycles. The molecule has 72 valence electrons. The molecule has 0 aromatic heterocycles. The van der Waals surface area contributed by atoms with Gasteiger partial charge in [-0.2, -0.15) is 0 Å². The predicted octanol–water partition coefficient (Wildman–Crippen LogP) is 1.31. The first-order valence-electron chi connectivity index (χ1n) is 4.05. The van der Waals surface area contributed by atoms with Gasteiger partial charge in [0.1, 0.15) is 0 Å². The van der Waals surface area contributed by atoms with Crippen LogP contribution in [0.3, 0.4) is 0 Å². The molecular weight excluding hydrogens is 174 g/mol. The van der Waals surface area contributed by atoms with E-state index in [-0.39, 0.29) is 6.04 Å². The van der Waals surface area contributed by atoms with E-state index in [0.717, 1.165) is 12.1 Å². The molecule has 0 radical (unpaired) electrons. The second-order valence-electron chi connectivity index (χ2n) is 2.86. The lowest BCUT2D eigenvalue weighted by Gasteiger charge is -2.10. The molecule has 0 fully saturated rings. The van der Waals surface area contributed by atoms with Crippen LogP contribution in [0.25, 0.3) is 0 Å². The quantitative estimate of drug-likeness (QED) is 0.747. The predicted molar refractivity (Wildman–Crippen MR) is 47.0 cm³/mol. The number of halogens is 2. The Morgan fingerprint density at radius 1 is 1.23 bits per heavy atom. The van der Waals surface area contributed by atoms with Gasteiger partial charge in [0.25, 0.3) is 0 Å². The van der Waals surface area contributed by atoms with Crippen molar-refractivity contribution in [1.29, 1.82) is 0 Å². The van der Waals surface area contributed by atoms with Crippen molar-refractivity contribution >= 4 is 0 Å². The minimum Gasteiger partial charge on any atom is -0.330 e. The zero-order chi connectivity index (χ0) is 9.84. The van der Waals surface area contributed by atoms with Gasteiger partial charge >= 0.3 is 0 Å². The van der Waals surface area contributed by atoms with Gasteiger partial charge in [-0.15, -0.1) is 0 Å². The highest BCUT2D eigenvalue weighted by atomic mass is 19.2. The van der Waals surface area contributed by atoms with Gasteiger partial charge in [-0.3, -0.25) is 0 Å². The molecule has 2 nitrogen and oxygen atoms in total. The molecule has 0 heterocycles. The number of rotatable bonds is 3. The van der Waals surface area contributed by atoms with Crippen LogP contribution in [-0.2, 0) is 0 Å². The molecule has 0 amide bonds. The van der Waals surface area contributed by atoms with Crippen molar-refractivity contribution in [2.75, 3.05) is 6.54 Å². The summed E-state index contributed by atoms with van der Waals surface area (Å²) in [4.78, 5) is 0. The second-order valence-corrected chi connectivity index (χ2v) is 2.86. The van der Waals surface area contributed by atoms with E-state index in [2.05, 4.69) is 0 Å². The molecule has 1 aromatic rings. The first-order chi connectivity index (χ1) is 6.15. The van der Waals surface area contributed by atoms with Crippen molar-refractivity contribution in [3.63, 3.8) is 0 Å². The van der Waals surface area contributed by atoms with Crippen LogP contribution in [0.15, 0.2) is 18.2 Å². The van der Waals surface area contributed by atoms with Crippen molar-refractivity contribution in [3.05, 3.63) is 35.4 Å². The van der Waals surface area contributed by atoms with Crippen molar-refractivity contribution in [2.45, 2.75) is 12.5 Å². The van der Waals surface area contributed by atoms with Crippen molar-refractivity contribution in [3.8, 4) is 0 Å². The lowest BCUT2D eigenvalue weighted by atomic mass is 10.0. The van der Waals surface area contributed by atoms with Crippen LogP contribution in [0.5, 0.6) is 0 Å². The molecule has 0 aliphatic rings. The SMILES string of the molecule is NCC[C@@H](N)c1ccc(F)c(F)c1. The number of hydrogen-bond acceptors (Lipinski definition) is 2. The van der Waals surface area contributed by atoms with Crippen LogP contribution in [0.1, 0.15) is 18.0 Å². The summed E-state index contributed by atoms with van der Waals surface area (Å²) in [6.45, 7) is 0.431. The lowest BCUT2D eigenvalue weighted by Crippen LogP contribution is -2.15. The molecule has 4 N–H and O–H groups in total. The molecule has 0 saturated carbocycles. The largest absolute Gasteiger partial charge is 0.330 e. The van der Waals surface area contributed by atoms with E-state index in [1.54, 1.807) is 0 Å². The number of nitrogens with two attached hydrogens (primary N) is 2. The highest BCUT2D eigenvalue weighted by Gasteiger charge is 2.08. The molecule has 0 unspecified atom stereocenters. The van der Waals surface area contributed by atoms with E-state index in [1.165, 1.54) is 6.07 Å². The Morgan fingerprint density at radius 3 is 2.46 bits per heavy atom. The van der Waals surface area contributed by atoms with Gasteiger partial charge in [-0.1, -0.05) is 6.07 Å². The zero-order valence-corrected chi connectivity index (χ0v) is 7.13. The van der Waals surface area contributed by atoms with E-state index in [9.17, 15) is 8.78 Å². The van der Waals surface area contributed by atoms with Crippen LogP contribution in [0.2, 0.25) is 0 Å². The first kappa shape index (κ1) is 10.1. The number of hydrogen-bond donors (Lipinski definition) is 2. The van der Waals surface area contributed by atoms with Crippen LogP contribution in [0.4, 0.5) is 8.78 Å². The van der Waals surface area contributed by atoms with Gasteiger partial charge in [0.15, 0.2) is 11.6 Å². The van der Waals surface area contributed by atoms with Crippen molar-refractivity contribution in [2.24, 2.45) is 11.5 Å². The summed E-state index contributed by atoms with van der Waals surface area (Å²) in [5.74, 6) is -1.73. The van der Waals surface area contributed by atoms with E-state index >= 15 is 0 Å². The summed E-state index contributed by atoms with van der Waals surface area (Å²) in [7, 11) is 0. The lowest BCUT2D eigenvalue weighted by molar-refractivity contribution is 0.504. The van der Waals surface area contributed by atoms with E-state index in [0.29, 0.717) is 18.5 Å². The fourth-order valence-electron chi connectivity index (χ4n) is 1.09. The maximum absolute atomic E-state index is 12.7. The Morgan fingerprint density at radius 2 is 1.92 bits per heavy atom. The van der Waals surface area contributed by atoms with E-state index < -0.39 is 11.6 Å². The first-order valence-corrected chi connectivity index (χ1v) is 4.05. The third-order valence-corrected chi connectivity index (χ3v) is 1.85. The summed E-state index contributed by atoms with van der Waals surface area (Å²) in [5, 5.41) is 0. The van der Waals surface area contributed by atoms with E-state index in [1.807, 2.05) is 0 Å². The Bertz CT molecular complexity index is 289. The molecular formula is C9H12F2N2. The van der Waals surface area contributed by atoms with Gasteiger partial charge in [0.05, 0.1) is 0 Å².